The van der Waals surface area contributed by atoms with E-state index in [2.05, 4.69) is 27.1 Å². The first-order valence-electron chi connectivity index (χ1n) is 8.14. The molecule has 0 saturated heterocycles. The minimum Gasteiger partial charge on any atom is -0.460 e. The maximum Gasteiger partial charge on any atom is 0.306 e. The van der Waals surface area contributed by atoms with Crippen molar-refractivity contribution in [2.75, 3.05) is 5.32 Å². The standard InChI is InChI=1S/C19H21N3O3S/c1-13-15(6-5-14-9-11-20-12-10-14)26-18(21-13)22-16(23)7-8-17(24)25-19(2,3)4/h9-12H,7-8H2,1-4H3,(H,21,22,23). The van der Waals surface area contributed by atoms with Gasteiger partial charge in [0.25, 0.3) is 0 Å². The summed E-state index contributed by atoms with van der Waals surface area (Å²) in [4.78, 5) is 32.7. The number of carbonyl (C=O) groups excluding carboxylic acids is 2. The number of nitrogens with one attached hydrogen (secondary N) is 1. The van der Waals surface area contributed by atoms with Gasteiger partial charge in [0.15, 0.2) is 5.13 Å². The zero-order valence-corrected chi connectivity index (χ0v) is 16.1. The number of thiazole rings is 1. The van der Waals surface area contributed by atoms with Crippen molar-refractivity contribution in [2.24, 2.45) is 0 Å². The Morgan fingerprint density at radius 3 is 2.54 bits per heavy atom. The number of rotatable bonds is 4. The maximum atomic E-state index is 12.0. The molecular formula is C19H21N3O3S. The second-order valence-electron chi connectivity index (χ2n) is 6.55. The van der Waals surface area contributed by atoms with E-state index in [-0.39, 0.29) is 18.7 Å². The maximum absolute atomic E-state index is 12.0. The van der Waals surface area contributed by atoms with Crippen molar-refractivity contribution in [3.8, 4) is 11.8 Å². The summed E-state index contributed by atoms with van der Waals surface area (Å²) in [7, 11) is 0. The van der Waals surface area contributed by atoms with E-state index in [1.807, 2.05) is 19.1 Å². The molecule has 0 unspecified atom stereocenters. The van der Waals surface area contributed by atoms with Gasteiger partial charge in [0.05, 0.1) is 12.1 Å². The van der Waals surface area contributed by atoms with Crippen LogP contribution in [0.5, 0.6) is 0 Å². The van der Waals surface area contributed by atoms with Crippen LogP contribution >= 0.6 is 11.3 Å². The van der Waals surface area contributed by atoms with Gasteiger partial charge in [-0.1, -0.05) is 17.3 Å². The van der Waals surface area contributed by atoms with Crippen LogP contribution in [0, 0.1) is 18.8 Å². The smallest absolute Gasteiger partial charge is 0.306 e. The lowest BCUT2D eigenvalue weighted by atomic mass is 10.2. The van der Waals surface area contributed by atoms with E-state index >= 15 is 0 Å². The summed E-state index contributed by atoms with van der Waals surface area (Å²) in [5.41, 5.74) is 1.05. The van der Waals surface area contributed by atoms with E-state index < -0.39 is 11.6 Å². The number of aryl methyl sites for hydroxylation is 1. The lowest BCUT2D eigenvalue weighted by Crippen LogP contribution is -2.24. The van der Waals surface area contributed by atoms with Crippen molar-refractivity contribution in [3.63, 3.8) is 0 Å². The predicted molar refractivity (Wildman–Crippen MR) is 101 cm³/mol. The van der Waals surface area contributed by atoms with Crippen molar-refractivity contribution in [2.45, 2.75) is 46.1 Å². The van der Waals surface area contributed by atoms with Crippen molar-refractivity contribution in [1.82, 2.24) is 9.97 Å². The van der Waals surface area contributed by atoms with Crippen LogP contribution in [0.4, 0.5) is 5.13 Å². The number of aromatic nitrogens is 2. The van der Waals surface area contributed by atoms with Crippen LogP contribution in [-0.4, -0.2) is 27.4 Å². The Labute approximate surface area is 157 Å². The van der Waals surface area contributed by atoms with Crippen LogP contribution in [0.1, 0.15) is 49.7 Å². The fraction of sp³-hybridized carbons (Fsp3) is 0.368. The molecule has 2 rings (SSSR count). The SMILES string of the molecule is Cc1nc(NC(=O)CCC(=O)OC(C)(C)C)sc1C#Cc1ccncc1. The molecule has 2 aromatic heterocycles. The molecule has 0 aliphatic carbocycles. The third-order valence-electron chi connectivity index (χ3n) is 3.02. The zero-order chi connectivity index (χ0) is 19.2. The first kappa shape index (κ1) is 19.6. The van der Waals surface area contributed by atoms with E-state index in [9.17, 15) is 9.59 Å². The number of hydrogen-bond donors (Lipinski definition) is 1. The highest BCUT2D eigenvalue weighted by atomic mass is 32.1. The molecule has 1 amide bonds. The number of esters is 1. The molecule has 0 aliphatic rings. The highest BCUT2D eigenvalue weighted by Gasteiger charge is 2.17. The average Bonchev–Trinajstić information content (AvgIpc) is 2.90. The highest BCUT2D eigenvalue weighted by molar-refractivity contribution is 7.16. The highest BCUT2D eigenvalue weighted by Crippen LogP contribution is 2.22. The molecule has 0 saturated carbocycles. The Morgan fingerprint density at radius 1 is 1.19 bits per heavy atom. The summed E-state index contributed by atoms with van der Waals surface area (Å²) in [6.45, 7) is 7.21. The molecule has 0 atom stereocenters. The number of nitrogens with zero attached hydrogens (tertiary/aromatic N) is 2. The van der Waals surface area contributed by atoms with Gasteiger partial charge in [0.1, 0.15) is 10.5 Å². The molecule has 0 radical (unpaired) electrons. The molecule has 6 nitrogen and oxygen atoms in total. The van der Waals surface area contributed by atoms with E-state index in [0.29, 0.717) is 5.13 Å². The van der Waals surface area contributed by atoms with Gasteiger partial charge in [-0.2, -0.15) is 0 Å². The van der Waals surface area contributed by atoms with Crippen molar-refractivity contribution >= 4 is 28.3 Å². The minimum absolute atomic E-state index is 0.0299. The summed E-state index contributed by atoms with van der Waals surface area (Å²) in [5.74, 6) is 5.41. The third-order valence-corrected chi connectivity index (χ3v) is 4.01. The van der Waals surface area contributed by atoms with Gasteiger partial charge in [-0.25, -0.2) is 4.98 Å². The largest absolute Gasteiger partial charge is 0.460 e. The molecule has 2 aromatic rings. The molecule has 0 spiro atoms. The fourth-order valence-electron chi connectivity index (χ4n) is 1.92. The molecule has 0 bridgehead atoms. The molecule has 1 N–H and O–H groups in total. The van der Waals surface area contributed by atoms with Crippen LogP contribution in [-0.2, 0) is 14.3 Å². The monoisotopic (exact) mass is 371 g/mol. The van der Waals surface area contributed by atoms with Crippen LogP contribution in [0.2, 0.25) is 0 Å². The second kappa shape index (κ2) is 8.59. The number of anilines is 1. The van der Waals surface area contributed by atoms with E-state index in [1.54, 1.807) is 33.2 Å². The lowest BCUT2D eigenvalue weighted by molar-refractivity contribution is -0.155. The summed E-state index contributed by atoms with van der Waals surface area (Å²) in [6.07, 6.45) is 3.44. The normalized spacial score (nSPS) is 10.6. The molecule has 2 heterocycles. The summed E-state index contributed by atoms with van der Waals surface area (Å²) >= 11 is 1.30. The van der Waals surface area contributed by atoms with Gasteiger partial charge < -0.3 is 10.1 Å². The molecule has 0 fully saturated rings. The number of hydrogen-bond acceptors (Lipinski definition) is 6. The first-order valence-corrected chi connectivity index (χ1v) is 8.96. The van der Waals surface area contributed by atoms with Crippen LogP contribution < -0.4 is 5.32 Å². The first-order chi connectivity index (χ1) is 12.2. The predicted octanol–water partition coefficient (Wildman–Crippen LogP) is 3.31. The molecule has 26 heavy (non-hydrogen) atoms. The topological polar surface area (TPSA) is 81.2 Å². The Bertz CT molecular complexity index is 842. The molecule has 0 aliphatic heterocycles. The number of ether oxygens (including phenoxy) is 1. The van der Waals surface area contributed by atoms with Crippen molar-refractivity contribution < 1.29 is 14.3 Å². The Hall–Kier alpha value is -2.72. The summed E-state index contributed by atoms with van der Waals surface area (Å²) in [6, 6.07) is 3.64. The average molecular weight is 371 g/mol. The van der Waals surface area contributed by atoms with Gasteiger partial charge in [0.2, 0.25) is 5.91 Å². The van der Waals surface area contributed by atoms with E-state index in [0.717, 1.165) is 16.1 Å². The lowest BCUT2D eigenvalue weighted by Gasteiger charge is -2.19. The Kier molecular flexibility index (Phi) is 6.47. The van der Waals surface area contributed by atoms with Gasteiger partial charge in [-0.15, -0.1) is 0 Å². The van der Waals surface area contributed by atoms with Gasteiger partial charge in [-0.3, -0.25) is 14.6 Å². The van der Waals surface area contributed by atoms with E-state index in [4.69, 9.17) is 4.74 Å². The Balaban J connectivity index is 1.92. The van der Waals surface area contributed by atoms with Crippen molar-refractivity contribution in [3.05, 3.63) is 40.7 Å². The molecule has 136 valence electrons. The quantitative estimate of drug-likeness (QED) is 0.659. The number of amides is 1. The summed E-state index contributed by atoms with van der Waals surface area (Å²) < 4.78 is 5.18. The van der Waals surface area contributed by atoms with E-state index in [1.165, 1.54) is 11.3 Å². The molecule has 7 heteroatoms. The Morgan fingerprint density at radius 2 is 1.88 bits per heavy atom. The number of pyridine rings is 1. The van der Waals surface area contributed by atoms with Gasteiger partial charge >= 0.3 is 5.97 Å². The minimum atomic E-state index is -0.553. The second-order valence-corrected chi connectivity index (χ2v) is 7.55. The van der Waals surface area contributed by atoms with Crippen LogP contribution in [0.15, 0.2) is 24.5 Å². The zero-order valence-electron chi connectivity index (χ0n) is 15.3. The van der Waals surface area contributed by atoms with Gasteiger partial charge in [-0.05, 0) is 45.7 Å². The molecular weight excluding hydrogens is 350 g/mol. The summed E-state index contributed by atoms with van der Waals surface area (Å²) in [5, 5.41) is 3.17. The molecule has 0 aromatic carbocycles. The third kappa shape index (κ3) is 6.65. The van der Waals surface area contributed by atoms with Crippen LogP contribution in [0.25, 0.3) is 0 Å². The van der Waals surface area contributed by atoms with Crippen LogP contribution in [0.3, 0.4) is 0 Å². The number of carbonyl (C=O) groups is 2. The van der Waals surface area contributed by atoms with Gasteiger partial charge in [0, 0.05) is 24.4 Å². The van der Waals surface area contributed by atoms with Crippen molar-refractivity contribution in [1.29, 1.82) is 0 Å². The fourth-order valence-corrected chi connectivity index (χ4v) is 2.76.